The van der Waals surface area contributed by atoms with Gasteiger partial charge in [-0.1, -0.05) is 78.0 Å². The average molecular weight is 541 g/mol. The second-order valence-corrected chi connectivity index (χ2v) is 10.2. The van der Waals surface area contributed by atoms with Crippen LogP contribution in [0.5, 0.6) is 5.75 Å². The van der Waals surface area contributed by atoms with Crippen molar-refractivity contribution in [2.75, 3.05) is 12.0 Å². The molecule has 1 N–H and O–H groups in total. The number of ether oxygens (including phenoxy) is 1. The van der Waals surface area contributed by atoms with Crippen molar-refractivity contribution in [3.05, 3.63) is 129 Å². The number of carbonyl (C=O) groups is 2. The van der Waals surface area contributed by atoms with Crippen LogP contribution in [0.15, 0.2) is 107 Å². The van der Waals surface area contributed by atoms with Gasteiger partial charge < -0.3 is 15.0 Å². The maximum atomic E-state index is 13.6. The first kappa shape index (κ1) is 25.6. The van der Waals surface area contributed by atoms with Crippen LogP contribution in [0, 0.1) is 0 Å². The van der Waals surface area contributed by atoms with E-state index in [1.807, 2.05) is 91.0 Å². The van der Waals surface area contributed by atoms with Crippen LogP contribution in [0.1, 0.15) is 27.0 Å². The summed E-state index contributed by atoms with van der Waals surface area (Å²) in [7, 11) is 1.61. The van der Waals surface area contributed by atoms with Crippen LogP contribution in [0.4, 0.5) is 5.69 Å². The quantitative estimate of drug-likeness (QED) is 0.257. The molecule has 0 unspecified atom stereocenters. The van der Waals surface area contributed by atoms with Crippen molar-refractivity contribution in [1.29, 1.82) is 0 Å². The highest BCUT2D eigenvalue weighted by Crippen LogP contribution is 2.42. The summed E-state index contributed by atoms with van der Waals surface area (Å²) in [5, 5.41) is 3.57. The van der Waals surface area contributed by atoms with Crippen LogP contribution < -0.4 is 15.0 Å². The Balaban J connectivity index is 1.33. The number of carbonyl (C=O) groups excluding carboxylic acids is 2. The first-order valence-electron chi connectivity index (χ1n) is 12.1. The van der Waals surface area contributed by atoms with Gasteiger partial charge in [0.2, 0.25) is 0 Å². The van der Waals surface area contributed by atoms with Gasteiger partial charge in [-0.25, -0.2) is 0 Å². The molecule has 0 saturated heterocycles. The first-order valence-corrected chi connectivity index (χ1v) is 13.3. The van der Waals surface area contributed by atoms with E-state index in [-0.39, 0.29) is 11.8 Å². The number of methoxy groups -OCH3 is 1. The van der Waals surface area contributed by atoms with Gasteiger partial charge in [-0.2, -0.15) is 0 Å². The van der Waals surface area contributed by atoms with Crippen LogP contribution in [-0.4, -0.2) is 18.9 Å². The Morgan fingerprint density at radius 2 is 1.74 bits per heavy atom. The number of amides is 2. The molecule has 0 saturated carbocycles. The normalized spacial score (nSPS) is 13.8. The molecule has 0 aliphatic carbocycles. The van der Waals surface area contributed by atoms with Crippen molar-refractivity contribution in [1.82, 2.24) is 5.32 Å². The fourth-order valence-corrected chi connectivity index (χ4v) is 5.52. The number of halogens is 1. The Kier molecular flexibility index (Phi) is 7.82. The number of hydrogen-bond donors (Lipinski definition) is 1. The largest absolute Gasteiger partial charge is 0.496 e. The minimum atomic E-state index is -0.181. The molecule has 4 aromatic carbocycles. The molecule has 0 bridgehead atoms. The van der Waals surface area contributed by atoms with E-state index >= 15 is 0 Å². The summed E-state index contributed by atoms with van der Waals surface area (Å²) in [4.78, 5) is 29.7. The Hall–Kier alpha value is -4.00. The van der Waals surface area contributed by atoms with Crippen molar-refractivity contribution in [3.63, 3.8) is 0 Å². The van der Waals surface area contributed by atoms with Crippen molar-refractivity contribution in [2.45, 2.75) is 18.0 Å². The molecule has 2 amide bonds. The molecule has 1 heterocycles. The van der Waals surface area contributed by atoms with Gasteiger partial charge in [0, 0.05) is 27.6 Å². The van der Waals surface area contributed by atoms with E-state index in [0.29, 0.717) is 28.6 Å². The molecule has 0 atom stereocenters. The van der Waals surface area contributed by atoms with Crippen molar-refractivity contribution < 1.29 is 14.3 Å². The summed E-state index contributed by atoms with van der Waals surface area (Å²) in [6.45, 7) is 0.779. The molecular weight excluding hydrogens is 516 g/mol. The van der Waals surface area contributed by atoms with Gasteiger partial charge in [-0.15, -0.1) is 0 Å². The van der Waals surface area contributed by atoms with Gasteiger partial charge in [0.15, 0.2) is 0 Å². The molecule has 4 aromatic rings. The van der Waals surface area contributed by atoms with Gasteiger partial charge in [0.25, 0.3) is 11.8 Å². The predicted octanol–water partition coefficient (Wildman–Crippen LogP) is 6.96. The molecule has 0 aromatic heterocycles. The molecule has 1 aliphatic heterocycles. The summed E-state index contributed by atoms with van der Waals surface area (Å²) < 4.78 is 5.35. The second kappa shape index (κ2) is 11.6. The SMILES string of the molecule is COc1ccccc1CNC(=O)c1ccc(C=C2Sc3ccccc3N(Cc3cccc(Cl)c3)C2=O)cc1. The van der Waals surface area contributed by atoms with Crippen LogP contribution in [0.25, 0.3) is 6.08 Å². The average Bonchev–Trinajstić information content (AvgIpc) is 2.94. The lowest BCUT2D eigenvalue weighted by Crippen LogP contribution is -2.33. The van der Waals surface area contributed by atoms with Gasteiger partial charge in [-0.3, -0.25) is 9.59 Å². The molecule has 1 aliphatic rings. The topological polar surface area (TPSA) is 58.6 Å². The van der Waals surface area contributed by atoms with Crippen LogP contribution in [0.2, 0.25) is 5.02 Å². The third-order valence-electron chi connectivity index (χ3n) is 6.16. The highest BCUT2D eigenvalue weighted by molar-refractivity contribution is 8.04. The van der Waals surface area contributed by atoms with Gasteiger partial charge in [-0.05, 0) is 59.7 Å². The lowest BCUT2D eigenvalue weighted by atomic mass is 10.1. The summed E-state index contributed by atoms with van der Waals surface area (Å²) in [5.74, 6) is 0.475. The third kappa shape index (κ3) is 5.77. The van der Waals surface area contributed by atoms with E-state index in [4.69, 9.17) is 16.3 Å². The summed E-state index contributed by atoms with van der Waals surface area (Å²) in [6.07, 6.45) is 1.87. The summed E-state index contributed by atoms with van der Waals surface area (Å²) in [5.41, 5.74) is 4.11. The van der Waals surface area contributed by atoms with Gasteiger partial charge >= 0.3 is 0 Å². The Morgan fingerprint density at radius 3 is 2.53 bits per heavy atom. The van der Waals surface area contributed by atoms with E-state index in [1.54, 1.807) is 24.1 Å². The van der Waals surface area contributed by atoms with Crippen LogP contribution in [0.3, 0.4) is 0 Å². The number of rotatable bonds is 7. The van der Waals surface area contributed by atoms with Crippen LogP contribution in [-0.2, 0) is 17.9 Å². The number of anilines is 1. The van der Waals surface area contributed by atoms with E-state index in [9.17, 15) is 9.59 Å². The maximum absolute atomic E-state index is 13.6. The Bertz CT molecular complexity index is 1520. The van der Waals surface area contributed by atoms with E-state index in [0.717, 1.165) is 33.0 Å². The highest BCUT2D eigenvalue weighted by Gasteiger charge is 2.29. The minimum Gasteiger partial charge on any atom is -0.496 e. The number of para-hydroxylation sites is 2. The highest BCUT2D eigenvalue weighted by atomic mass is 35.5. The Morgan fingerprint density at radius 1 is 0.974 bits per heavy atom. The van der Waals surface area contributed by atoms with E-state index in [2.05, 4.69) is 5.32 Å². The molecule has 0 spiro atoms. The molecule has 0 radical (unpaired) electrons. The maximum Gasteiger partial charge on any atom is 0.265 e. The number of fused-ring (bicyclic) bond motifs is 1. The molecule has 5 rings (SSSR count). The zero-order valence-corrected chi connectivity index (χ0v) is 22.3. The molecule has 7 heteroatoms. The second-order valence-electron chi connectivity index (χ2n) is 8.72. The molecular formula is C31H25ClN2O3S. The number of benzene rings is 4. The molecule has 190 valence electrons. The smallest absolute Gasteiger partial charge is 0.265 e. The zero-order valence-electron chi connectivity index (χ0n) is 20.7. The zero-order chi connectivity index (χ0) is 26.5. The van der Waals surface area contributed by atoms with Crippen molar-refractivity contribution in [2.24, 2.45) is 0 Å². The first-order chi connectivity index (χ1) is 18.5. The fraction of sp³-hybridized carbons (Fsp3) is 0.0968. The van der Waals surface area contributed by atoms with Gasteiger partial charge in [0.05, 0.1) is 24.2 Å². The summed E-state index contributed by atoms with van der Waals surface area (Å²) >= 11 is 7.63. The molecule has 38 heavy (non-hydrogen) atoms. The lowest BCUT2D eigenvalue weighted by Gasteiger charge is -2.30. The van der Waals surface area contributed by atoms with Crippen molar-refractivity contribution in [3.8, 4) is 5.75 Å². The Labute approximate surface area is 231 Å². The minimum absolute atomic E-state index is 0.0766. The van der Waals surface area contributed by atoms with Gasteiger partial charge in [0.1, 0.15) is 5.75 Å². The number of nitrogens with one attached hydrogen (secondary N) is 1. The number of nitrogens with zero attached hydrogens (tertiary/aromatic N) is 1. The van der Waals surface area contributed by atoms with E-state index in [1.165, 1.54) is 11.8 Å². The third-order valence-corrected chi connectivity index (χ3v) is 7.48. The van der Waals surface area contributed by atoms with Crippen molar-refractivity contribution >= 4 is 46.9 Å². The summed E-state index contributed by atoms with van der Waals surface area (Å²) in [6, 6.07) is 30.2. The van der Waals surface area contributed by atoms with E-state index < -0.39 is 0 Å². The predicted molar refractivity (Wildman–Crippen MR) is 154 cm³/mol. The molecule has 5 nitrogen and oxygen atoms in total. The number of thioether (sulfide) groups is 1. The molecule has 0 fully saturated rings. The fourth-order valence-electron chi connectivity index (χ4n) is 4.25. The monoisotopic (exact) mass is 540 g/mol. The van der Waals surface area contributed by atoms with Crippen LogP contribution >= 0.6 is 23.4 Å². The lowest BCUT2D eigenvalue weighted by molar-refractivity contribution is -0.114. The number of hydrogen-bond acceptors (Lipinski definition) is 4. The standard InChI is InChI=1S/C31H25ClN2O3S/c1-37-27-11-4-2-8-24(27)19-33-30(35)23-15-13-21(14-16-23)18-29-31(36)34(20-22-7-6-9-25(32)17-22)26-10-3-5-12-28(26)38-29/h2-18H,19-20H2,1H3,(H,33,35).